The lowest BCUT2D eigenvalue weighted by molar-refractivity contribution is -0.149. The van der Waals surface area contributed by atoms with Gasteiger partial charge in [0.2, 0.25) is 5.91 Å². The lowest BCUT2D eigenvalue weighted by Crippen LogP contribution is -2.56. The number of ether oxygens (including phenoxy) is 1. The molecule has 2 saturated heterocycles. The molecule has 2 aliphatic rings. The molecule has 17 heavy (non-hydrogen) atoms. The minimum Gasteiger partial charge on any atom is -0.394 e. The van der Waals surface area contributed by atoms with Crippen LogP contribution < -0.4 is 5.32 Å². The molecule has 1 amide bonds. The monoisotopic (exact) mass is 242 g/mol. The highest BCUT2D eigenvalue weighted by Gasteiger charge is 2.32. The van der Waals surface area contributed by atoms with Gasteiger partial charge in [0.1, 0.15) is 0 Å². The number of carbonyl (C=O) groups excluding carboxylic acids is 1. The van der Waals surface area contributed by atoms with Crippen molar-refractivity contribution in [3.63, 3.8) is 0 Å². The Bertz CT molecular complexity index is 266. The molecule has 2 N–H and O–H groups in total. The van der Waals surface area contributed by atoms with Crippen LogP contribution in [-0.2, 0) is 9.53 Å². The molecule has 0 aromatic carbocycles. The van der Waals surface area contributed by atoms with Gasteiger partial charge in [-0.25, -0.2) is 0 Å². The standard InChI is InChI=1S/C12H22N2O3/c1-9-6-14(7-10(8-15)17-9)12(16)11-4-2-3-5-13-11/h9-11,13,15H,2-8H2,1H3. The van der Waals surface area contributed by atoms with E-state index in [1.165, 1.54) is 0 Å². The van der Waals surface area contributed by atoms with Crippen molar-refractivity contribution in [3.05, 3.63) is 0 Å². The molecule has 5 nitrogen and oxygen atoms in total. The zero-order valence-electron chi connectivity index (χ0n) is 10.4. The van der Waals surface area contributed by atoms with Gasteiger partial charge in [-0.05, 0) is 26.3 Å². The van der Waals surface area contributed by atoms with E-state index in [2.05, 4.69) is 5.32 Å². The summed E-state index contributed by atoms with van der Waals surface area (Å²) in [6, 6.07) is -0.0339. The van der Waals surface area contributed by atoms with E-state index in [4.69, 9.17) is 9.84 Å². The molecule has 2 aliphatic heterocycles. The average molecular weight is 242 g/mol. The highest BCUT2D eigenvalue weighted by Crippen LogP contribution is 2.15. The van der Waals surface area contributed by atoms with Crippen LogP contribution in [0.1, 0.15) is 26.2 Å². The van der Waals surface area contributed by atoms with Crippen LogP contribution in [0.4, 0.5) is 0 Å². The molecule has 0 aliphatic carbocycles. The van der Waals surface area contributed by atoms with Crippen LogP contribution >= 0.6 is 0 Å². The van der Waals surface area contributed by atoms with Crippen molar-refractivity contribution in [1.29, 1.82) is 0 Å². The van der Waals surface area contributed by atoms with Crippen molar-refractivity contribution >= 4 is 5.91 Å². The lowest BCUT2D eigenvalue weighted by Gasteiger charge is -2.38. The summed E-state index contributed by atoms with van der Waals surface area (Å²) in [6.45, 7) is 3.99. The van der Waals surface area contributed by atoms with Crippen LogP contribution in [0.15, 0.2) is 0 Å². The predicted octanol–water partition coefficient (Wildman–Crippen LogP) is -0.263. The number of morpholine rings is 1. The Kier molecular flexibility index (Phi) is 4.36. The van der Waals surface area contributed by atoms with Gasteiger partial charge in [0, 0.05) is 13.1 Å². The molecule has 3 atom stereocenters. The molecule has 2 fully saturated rings. The molecule has 98 valence electrons. The number of hydrogen-bond acceptors (Lipinski definition) is 4. The second-order valence-corrected chi connectivity index (χ2v) is 5.00. The van der Waals surface area contributed by atoms with E-state index < -0.39 is 0 Å². The number of piperidine rings is 1. The fraction of sp³-hybridized carbons (Fsp3) is 0.917. The van der Waals surface area contributed by atoms with Gasteiger partial charge in [-0.2, -0.15) is 0 Å². The van der Waals surface area contributed by atoms with E-state index in [0.29, 0.717) is 13.1 Å². The second-order valence-electron chi connectivity index (χ2n) is 5.00. The van der Waals surface area contributed by atoms with Gasteiger partial charge in [0.05, 0.1) is 24.9 Å². The highest BCUT2D eigenvalue weighted by atomic mass is 16.5. The zero-order chi connectivity index (χ0) is 12.3. The van der Waals surface area contributed by atoms with Crippen LogP contribution in [0.3, 0.4) is 0 Å². The maximum atomic E-state index is 12.3. The molecular weight excluding hydrogens is 220 g/mol. The lowest BCUT2D eigenvalue weighted by atomic mass is 10.0. The number of nitrogens with zero attached hydrogens (tertiary/aromatic N) is 1. The number of rotatable bonds is 2. The first kappa shape index (κ1) is 12.8. The summed E-state index contributed by atoms with van der Waals surface area (Å²) in [5.74, 6) is 0.165. The SMILES string of the molecule is CC1CN(C(=O)C2CCCCN2)CC(CO)O1. The number of amides is 1. The molecule has 2 heterocycles. The summed E-state index contributed by atoms with van der Waals surface area (Å²) in [5.41, 5.74) is 0. The quantitative estimate of drug-likeness (QED) is 0.700. The van der Waals surface area contributed by atoms with E-state index in [9.17, 15) is 4.79 Å². The molecule has 0 bridgehead atoms. The van der Waals surface area contributed by atoms with E-state index in [-0.39, 0.29) is 30.8 Å². The molecule has 0 spiro atoms. The van der Waals surface area contributed by atoms with Gasteiger partial charge >= 0.3 is 0 Å². The fourth-order valence-corrected chi connectivity index (χ4v) is 2.61. The normalized spacial score (nSPS) is 34.7. The summed E-state index contributed by atoms with van der Waals surface area (Å²) < 4.78 is 5.54. The minimum atomic E-state index is -0.230. The number of aliphatic hydroxyl groups is 1. The third-order valence-corrected chi connectivity index (χ3v) is 3.45. The molecule has 3 unspecified atom stereocenters. The first-order valence-electron chi connectivity index (χ1n) is 6.49. The summed E-state index contributed by atoms with van der Waals surface area (Å²) >= 11 is 0. The molecule has 0 saturated carbocycles. The van der Waals surface area contributed by atoms with E-state index in [0.717, 1.165) is 25.8 Å². The van der Waals surface area contributed by atoms with Crippen LogP contribution in [-0.4, -0.2) is 60.4 Å². The Morgan fingerprint density at radius 2 is 2.29 bits per heavy atom. The minimum absolute atomic E-state index is 0.00782. The van der Waals surface area contributed by atoms with Crippen molar-refractivity contribution in [1.82, 2.24) is 10.2 Å². The molecule has 0 aromatic rings. The van der Waals surface area contributed by atoms with Crippen molar-refractivity contribution in [2.45, 2.75) is 44.4 Å². The maximum Gasteiger partial charge on any atom is 0.239 e. The Hall–Kier alpha value is -0.650. The second kappa shape index (κ2) is 5.80. The summed E-state index contributed by atoms with van der Waals surface area (Å²) in [7, 11) is 0. The maximum absolute atomic E-state index is 12.3. The predicted molar refractivity (Wildman–Crippen MR) is 63.6 cm³/mol. The van der Waals surface area contributed by atoms with Crippen LogP contribution in [0.5, 0.6) is 0 Å². The summed E-state index contributed by atoms with van der Waals surface area (Å²) in [4.78, 5) is 14.1. The third kappa shape index (κ3) is 3.18. The first-order chi connectivity index (χ1) is 8.20. The van der Waals surface area contributed by atoms with Crippen LogP contribution in [0, 0.1) is 0 Å². The van der Waals surface area contributed by atoms with Gasteiger partial charge < -0.3 is 20.1 Å². The number of carbonyl (C=O) groups is 1. The van der Waals surface area contributed by atoms with Crippen LogP contribution in [0.2, 0.25) is 0 Å². The molecular formula is C12H22N2O3. The van der Waals surface area contributed by atoms with E-state index >= 15 is 0 Å². The van der Waals surface area contributed by atoms with E-state index in [1.807, 2.05) is 11.8 Å². The first-order valence-corrected chi connectivity index (χ1v) is 6.49. The third-order valence-electron chi connectivity index (χ3n) is 3.45. The molecule has 2 rings (SSSR count). The Labute approximate surface area is 102 Å². The van der Waals surface area contributed by atoms with Gasteiger partial charge in [0.25, 0.3) is 0 Å². The molecule has 5 heteroatoms. The zero-order valence-corrected chi connectivity index (χ0v) is 10.4. The average Bonchev–Trinajstić information content (AvgIpc) is 2.38. The number of nitrogens with one attached hydrogen (secondary N) is 1. The van der Waals surface area contributed by atoms with Crippen molar-refractivity contribution in [2.24, 2.45) is 0 Å². The van der Waals surface area contributed by atoms with Crippen LogP contribution in [0.25, 0.3) is 0 Å². The Balaban J connectivity index is 1.93. The Morgan fingerprint density at radius 3 is 2.94 bits per heavy atom. The number of aliphatic hydroxyl groups excluding tert-OH is 1. The van der Waals surface area contributed by atoms with Gasteiger partial charge in [-0.1, -0.05) is 6.42 Å². The smallest absolute Gasteiger partial charge is 0.239 e. The highest BCUT2D eigenvalue weighted by molar-refractivity contribution is 5.82. The summed E-state index contributed by atoms with van der Waals surface area (Å²) in [5, 5.41) is 12.4. The molecule has 0 radical (unpaired) electrons. The number of hydrogen-bond donors (Lipinski definition) is 2. The molecule has 0 aromatic heterocycles. The van der Waals surface area contributed by atoms with Crippen molar-refractivity contribution in [3.8, 4) is 0 Å². The van der Waals surface area contributed by atoms with Gasteiger partial charge in [0.15, 0.2) is 0 Å². The Morgan fingerprint density at radius 1 is 1.47 bits per heavy atom. The van der Waals surface area contributed by atoms with Gasteiger partial charge in [-0.3, -0.25) is 4.79 Å². The topological polar surface area (TPSA) is 61.8 Å². The largest absolute Gasteiger partial charge is 0.394 e. The van der Waals surface area contributed by atoms with Crippen molar-refractivity contribution in [2.75, 3.05) is 26.2 Å². The summed E-state index contributed by atoms with van der Waals surface area (Å²) in [6.07, 6.45) is 2.98. The van der Waals surface area contributed by atoms with Gasteiger partial charge in [-0.15, -0.1) is 0 Å². The van der Waals surface area contributed by atoms with E-state index in [1.54, 1.807) is 0 Å². The van der Waals surface area contributed by atoms with Crippen molar-refractivity contribution < 1.29 is 14.6 Å². The fourth-order valence-electron chi connectivity index (χ4n) is 2.61.